The number of benzene rings is 2. The summed E-state index contributed by atoms with van der Waals surface area (Å²) >= 11 is 11.8. The molecule has 0 saturated carbocycles. The van der Waals surface area contributed by atoms with Crippen LogP contribution >= 0.6 is 23.2 Å². The minimum absolute atomic E-state index is 0.103. The monoisotopic (exact) mass is 334 g/mol. The normalized spacial score (nSPS) is 10.9. The van der Waals surface area contributed by atoms with Gasteiger partial charge in [0.1, 0.15) is 12.2 Å². The molecule has 0 aliphatic rings. The molecule has 1 heterocycles. The maximum absolute atomic E-state index is 12.2. The fourth-order valence-corrected chi connectivity index (χ4v) is 2.53. The maximum atomic E-state index is 12.2. The zero-order valence-electron chi connectivity index (χ0n) is 11.7. The van der Waals surface area contributed by atoms with E-state index in [-0.39, 0.29) is 12.4 Å². The number of esters is 1. The SMILES string of the molecule is Cc1c(C(=O)OCc2ccc(Cl)c(Cl)c2)oc2ccccc12. The number of carbonyl (C=O) groups excluding carboxylic acids is 1. The molecule has 1 aromatic heterocycles. The summed E-state index contributed by atoms with van der Waals surface area (Å²) in [5, 5.41) is 1.80. The predicted molar refractivity (Wildman–Crippen MR) is 86.5 cm³/mol. The Hall–Kier alpha value is -1.97. The average Bonchev–Trinajstić information content (AvgIpc) is 2.86. The molecule has 2 aromatic carbocycles. The van der Waals surface area contributed by atoms with Gasteiger partial charge in [-0.05, 0) is 30.7 Å². The lowest BCUT2D eigenvalue weighted by molar-refractivity contribution is 0.0437. The highest BCUT2D eigenvalue weighted by atomic mass is 35.5. The molecule has 112 valence electrons. The molecule has 22 heavy (non-hydrogen) atoms. The van der Waals surface area contributed by atoms with E-state index < -0.39 is 5.97 Å². The van der Waals surface area contributed by atoms with Gasteiger partial charge in [-0.25, -0.2) is 4.79 Å². The van der Waals surface area contributed by atoms with Crippen LogP contribution in [-0.4, -0.2) is 5.97 Å². The molecule has 0 spiro atoms. The van der Waals surface area contributed by atoms with Crippen molar-refractivity contribution in [3.63, 3.8) is 0 Å². The second-order valence-corrected chi connectivity index (χ2v) is 5.69. The van der Waals surface area contributed by atoms with E-state index in [4.69, 9.17) is 32.4 Å². The summed E-state index contributed by atoms with van der Waals surface area (Å²) in [7, 11) is 0. The van der Waals surface area contributed by atoms with E-state index in [0.717, 1.165) is 16.5 Å². The minimum atomic E-state index is -0.500. The highest BCUT2D eigenvalue weighted by Crippen LogP contribution is 2.26. The van der Waals surface area contributed by atoms with Crippen LogP contribution in [0.3, 0.4) is 0 Å². The summed E-state index contributed by atoms with van der Waals surface area (Å²) in [6.45, 7) is 1.94. The van der Waals surface area contributed by atoms with Crippen molar-refractivity contribution in [1.82, 2.24) is 0 Å². The zero-order valence-corrected chi connectivity index (χ0v) is 13.2. The molecule has 0 bridgehead atoms. The highest BCUT2D eigenvalue weighted by Gasteiger charge is 2.18. The van der Waals surface area contributed by atoms with Crippen molar-refractivity contribution in [1.29, 1.82) is 0 Å². The Labute approximate surface area is 137 Å². The van der Waals surface area contributed by atoms with E-state index in [1.54, 1.807) is 18.2 Å². The van der Waals surface area contributed by atoms with E-state index >= 15 is 0 Å². The van der Waals surface area contributed by atoms with Crippen molar-refractivity contribution in [2.24, 2.45) is 0 Å². The summed E-state index contributed by atoms with van der Waals surface area (Å²) in [6.07, 6.45) is 0. The third-order valence-electron chi connectivity index (χ3n) is 3.38. The number of hydrogen-bond donors (Lipinski definition) is 0. The molecule has 0 atom stereocenters. The first-order chi connectivity index (χ1) is 10.6. The van der Waals surface area contributed by atoms with Gasteiger partial charge in [-0.1, -0.05) is 47.5 Å². The molecule has 3 rings (SSSR count). The van der Waals surface area contributed by atoms with Crippen LogP contribution in [0, 0.1) is 6.92 Å². The molecule has 3 aromatic rings. The topological polar surface area (TPSA) is 39.4 Å². The van der Waals surface area contributed by atoms with Gasteiger partial charge in [-0.15, -0.1) is 0 Å². The molecule has 0 aliphatic heterocycles. The van der Waals surface area contributed by atoms with Gasteiger partial charge in [0.2, 0.25) is 5.76 Å². The van der Waals surface area contributed by atoms with Crippen LogP contribution in [0.15, 0.2) is 46.9 Å². The summed E-state index contributed by atoms with van der Waals surface area (Å²) in [5.74, 6) is -0.277. The summed E-state index contributed by atoms with van der Waals surface area (Å²) < 4.78 is 10.9. The van der Waals surface area contributed by atoms with Crippen molar-refractivity contribution >= 4 is 40.1 Å². The first kappa shape index (κ1) is 14.9. The van der Waals surface area contributed by atoms with Crippen molar-refractivity contribution in [2.45, 2.75) is 13.5 Å². The number of carbonyl (C=O) groups is 1. The third-order valence-corrected chi connectivity index (χ3v) is 4.12. The van der Waals surface area contributed by atoms with E-state index in [1.165, 1.54) is 0 Å². The van der Waals surface area contributed by atoms with Crippen molar-refractivity contribution < 1.29 is 13.9 Å². The molecule has 3 nitrogen and oxygen atoms in total. The Balaban J connectivity index is 1.78. The Kier molecular flexibility index (Phi) is 4.10. The standard InChI is InChI=1S/C17H12Cl2O3/c1-10-12-4-2-3-5-15(12)22-16(10)17(20)21-9-11-6-7-13(18)14(19)8-11/h2-8H,9H2,1H3. The van der Waals surface area contributed by atoms with E-state index in [0.29, 0.717) is 15.6 Å². The van der Waals surface area contributed by atoms with E-state index in [2.05, 4.69) is 0 Å². The second-order valence-electron chi connectivity index (χ2n) is 4.88. The minimum Gasteiger partial charge on any atom is -0.455 e. The van der Waals surface area contributed by atoms with Gasteiger partial charge in [-0.3, -0.25) is 0 Å². The van der Waals surface area contributed by atoms with Crippen LogP contribution in [-0.2, 0) is 11.3 Å². The van der Waals surface area contributed by atoms with Gasteiger partial charge in [-0.2, -0.15) is 0 Å². The Morgan fingerprint density at radius 2 is 1.91 bits per heavy atom. The number of aryl methyl sites for hydroxylation is 1. The summed E-state index contributed by atoms with van der Waals surface area (Å²) in [4.78, 5) is 12.2. The molecular formula is C17H12Cl2O3. The van der Waals surface area contributed by atoms with Crippen LogP contribution in [0.25, 0.3) is 11.0 Å². The van der Waals surface area contributed by atoms with E-state index in [1.807, 2.05) is 31.2 Å². The van der Waals surface area contributed by atoms with Crippen molar-refractivity contribution in [2.75, 3.05) is 0 Å². The first-order valence-corrected chi connectivity index (χ1v) is 7.41. The largest absolute Gasteiger partial charge is 0.455 e. The summed E-state index contributed by atoms with van der Waals surface area (Å²) in [5.41, 5.74) is 2.20. The number of rotatable bonds is 3. The van der Waals surface area contributed by atoms with Gasteiger partial charge < -0.3 is 9.15 Å². The number of hydrogen-bond acceptors (Lipinski definition) is 3. The number of fused-ring (bicyclic) bond motifs is 1. The molecule has 0 unspecified atom stereocenters. The highest BCUT2D eigenvalue weighted by molar-refractivity contribution is 6.42. The lowest BCUT2D eigenvalue weighted by Gasteiger charge is -2.05. The molecule has 0 saturated heterocycles. The maximum Gasteiger partial charge on any atom is 0.374 e. The first-order valence-electron chi connectivity index (χ1n) is 6.65. The average molecular weight is 335 g/mol. The molecule has 0 N–H and O–H groups in total. The number of ether oxygens (including phenoxy) is 1. The lowest BCUT2D eigenvalue weighted by atomic mass is 10.1. The molecule has 0 fully saturated rings. The molecule has 0 amide bonds. The lowest BCUT2D eigenvalue weighted by Crippen LogP contribution is -2.05. The zero-order chi connectivity index (χ0) is 15.7. The van der Waals surface area contributed by atoms with E-state index in [9.17, 15) is 4.79 Å². The molecule has 5 heteroatoms. The Morgan fingerprint density at radius 1 is 1.14 bits per heavy atom. The quantitative estimate of drug-likeness (QED) is 0.601. The fraction of sp³-hybridized carbons (Fsp3) is 0.118. The van der Waals surface area contributed by atoms with Crippen molar-refractivity contribution in [3.05, 3.63) is 69.4 Å². The third kappa shape index (κ3) is 2.82. The van der Waals surface area contributed by atoms with Gasteiger partial charge in [0.15, 0.2) is 0 Å². The Bertz CT molecular complexity index is 852. The van der Waals surface area contributed by atoms with Crippen molar-refractivity contribution in [3.8, 4) is 0 Å². The smallest absolute Gasteiger partial charge is 0.374 e. The van der Waals surface area contributed by atoms with Crippen LogP contribution < -0.4 is 0 Å². The fourth-order valence-electron chi connectivity index (χ4n) is 2.21. The second kappa shape index (κ2) is 6.03. The molecule has 0 radical (unpaired) electrons. The Morgan fingerprint density at radius 3 is 2.64 bits per heavy atom. The van der Waals surface area contributed by atoms with Crippen LogP contribution in [0.1, 0.15) is 21.7 Å². The van der Waals surface area contributed by atoms with Crippen LogP contribution in [0.2, 0.25) is 10.0 Å². The van der Waals surface area contributed by atoms with Gasteiger partial charge >= 0.3 is 5.97 Å². The number of halogens is 2. The summed E-state index contributed by atoms with van der Waals surface area (Å²) in [6, 6.07) is 12.6. The number of para-hydroxylation sites is 1. The van der Waals surface area contributed by atoms with Gasteiger partial charge in [0.25, 0.3) is 0 Å². The molecular weight excluding hydrogens is 323 g/mol. The number of furan rings is 1. The van der Waals surface area contributed by atoms with Gasteiger partial charge in [0.05, 0.1) is 10.0 Å². The van der Waals surface area contributed by atoms with Crippen LogP contribution in [0.5, 0.6) is 0 Å². The van der Waals surface area contributed by atoms with Crippen LogP contribution in [0.4, 0.5) is 0 Å². The van der Waals surface area contributed by atoms with Gasteiger partial charge in [0, 0.05) is 10.9 Å². The molecule has 0 aliphatic carbocycles. The predicted octanol–water partition coefficient (Wildman–Crippen LogP) is 5.41.